The van der Waals surface area contributed by atoms with Gasteiger partial charge < -0.3 is 23.8 Å². The Morgan fingerprint density at radius 1 is 1.10 bits per heavy atom. The highest BCUT2D eigenvalue weighted by Crippen LogP contribution is 2.50. The summed E-state index contributed by atoms with van der Waals surface area (Å²) in [5, 5.41) is 0. The van der Waals surface area contributed by atoms with Crippen molar-refractivity contribution < 1.29 is 42.1 Å². The number of carbonyl (C=O) groups excluding carboxylic acids is 3. The summed E-state index contributed by atoms with van der Waals surface area (Å²) in [6.07, 6.45) is 2.91. The van der Waals surface area contributed by atoms with Gasteiger partial charge in [0.15, 0.2) is 5.69 Å². The molecule has 0 unspecified atom stereocenters. The van der Waals surface area contributed by atoms with Crippen molar-refractivity contribution in [3.63, 3.8) is 0 Å². The third-order valence-electron chi connectivity index (χ3n) is 9.84. The van der Waals surface area contributed by atoms with Crippen molar-refractivity contribution in [2.45, 2.75) is 117 Å². The molecule has 268 valence electrons. The second-order valence-electron chi connectivity index (χ2n) is 15.8. The van der Waals surface area contributed by atoms with E-state index in [1.807, 2.05) is 34.6 Å². The number of benzene rings is 1. The van der Waals surface area contributed by atoms with Crippen LogP contribution < -0.4 is 9.47 Å². The van der Waals surface area contributed by atoms with Crippen LogP contribution in [0.25, 0.3) is 11.0 Å². The second kappa shape index (κ2) is 13.1. The Morgan fingerprint density at radius 2 is 1.82 bits per heavy atom. The molecule has 0 N–H and O–H groups in total. The van der Waals surface area contributed by atoms with Crippen LogP contribution >= 0.6 is 0 Å². The highest BCUT2D eigenvalue weighted by Gasteiger charge is 2.55. The maximum atomic E-state index is 16.1. The topological polar surface area (TPSA) is 117 Å². The molecule has 49 heavy (non-hydrogen) atoms. The van der Waals surface area contributed by atoms with Gasteiger partial charge in [0.1, 0.15) is 29.1 Å². The molecule has 2 fully saturated rings. The molecule has 0 spiro atoms. The Labute approximate surface area is 286 Å². The van der Waals surface area contributed by atoms with Crippen molar-refractivity contribution in [2.75, 3.05) is 13.7 Å². The monoisotopic (exact) mass is 685 g/mol. The number of nitrogens with zero attached hydrogens (tertiary/aromatic N) is 3. The Bertz CT molecular complexity index is 1630. The smallest absolute Gasteiger partial charge is 0.329 e. The molecule has 1 saturated heterocycles. The van der Waals surface area contributed by atoms with E-state index >= 15 is 8.78 Å². The minimum absolute atomic E-state index is 0.00655. The summed E-state index contributed by atoms with van der Waals surface area (Å²) >= 11 is 0. The van der Waals surface area contributed by atoms with Crippen LogP contribution in [0.15, 0.2) is 30.4 Å². The van der Waals surface area contributed by atoms with E-state index in [0.29, 0.717) is 31.4 Å². The first-order chi connectivity index (χ1) is 22.8. The van der Waals surface area contributed by atoms with Gasteiger partial charge in [-0.05, 0) is 77.0 Å². The van der Waals surface area contributed by atoms with Gasteiger partial charge in [-0.2, -0.15) is 8.78 Å². The van der Waals surface area contributed by atoms with E-state index in [1.165, 1.54) is 18.1 Å². The van der Waals surface area contributed by atoms with Gasteiger partial charge in [-0.25, -0.2) is 14.8 Å². The lowest BCUT2D eigenvalue weighted by Gasteiger charge is -2.35. The number of ether oxygens (including phenoxy) is 4. The molecule has 1 aliphatic carbocycles. The lowest BCUT2D eigenvalue weighted by atomic mass is 9.77. The first kappa shape index (κ1) is 36.5. The molecule has 12 heteroatoms. The van der Waals surface area contributed by atoms with Gasteiger partial charge in [-0.15, -0.1) is 0 Å². The lowest BCUT2D eigenvalue weighted by Crippen LogP contribution is -2.50. The SMILES string of the molecule is CC[C@@H]1[C@@H]2CN(C(=O)[C@H](C(C)(C)C)CC(=O)O[C@@]3(C)C[C@@H]3CC/C=C/C(F)(F)c3nc4ccc(OC)cc4nc3O2)[C@@H]1C(=O)OC(C)(C)C. The third kappa shape index (κ3) is 7.83. The molecule has 6 atom stereocenters. The molecule has 1 amide bonds. The van der Waals surface area contributed by atoms with Gasteiger partial charge in [0.2, 0.25) is 11.8 Å². The molecule has 1 aromatic carbocycles. The Kier molecular flexibility index (Phi) is 9.77. The van der Waals surface area contributed by atoms with Crippen LogP contribution in [0.4, 0.5) is 8.78 Å². The number of hydrogen-bond donors (Lipinski definition) is 0. The Hall–Kier alpha value is -3.83. The van der Waals surface area contributed by atoms with E-state index in [4.69, 9.17) is 18.9 Å². The summed E-state index contributed by atoms with van der Waals surface area (Å²) in [5.41, 5.74) is -2.47. The van der Waals surface area contributed by atoms with E-state index < -0.39 is 75.9 Å². The van der Waals surface area contributed by atoms with Gasteiger partial charge in [0, 0.05) is 17.9 Å². The van der Waals surface area contributed by atoms with Gasteiger partial charge in [0.05, 0.1) is 37.0 Å². The van der Waals surface area contributed by atoms with Gasteiger partial charge in [-0.1, -0.05) is 33.8 Å². The molecule has 2 aromatic rings. The number of allylic oxidation sites excluding steroid dienone is 2. The van der Waals surface area contributed by atoms with Crippen molar-refractivity contribution >= 4 is 28.9 Å². The number of amides is 1. The highest BCUT2D eigenvalue weighted by atomic mass is 19.3. The summed E-state index contributed by atoms with van der Waals surface area (Å²) in [6.45, 7) is 14.3. The van der Waals surface area contributed by atoms with Gasteiger partial charge in [0.25, 0.3) is 0 Å². The normalized spacial score (nSPS) is 29.9. The maximum Gasteiger partial charge on any atom is 0.329 e. The number of hydrogen-bond acceptors (Lipinski definition) is 9. The zero-order valence-electron chi connectivity index (χ0n) is 30.0. The number of carbonyl (C=O) groups is 3. The van der Waals surface area contributed by atoms with Crippen molar-refractivity contribution in [3.05, 3.63) is 36.0 Å². The number of rotatable bonds is 3. The van der Waals surface area contributed by atoms with Crippen LogP contribution in [-0.4, -0.2) is 69.7 Å². The van der Waals surface area contributed by atoms with E-state index in [9.17, 15) is 14.4 Å². The first-order valence-electron chi connectivity index (χ1n) is 17.1. The largest absolute Gasteiger partial charge is 0.497 e. The fourth-order valence-electron chi connectivity index (χ4n) is 6.97. The minimum atomic E-state index is -3.57. The van der Waals surface area contributed by atoms with Crippen LogP contribution in [0.5, 0.6) is 11.6 Å². The molecule has 3 aliphatic rings. The minimum Gasteiger partial charge on any atom is -0.497 e. The Morgan fingerprint density at radius 3 is 2.45 bits per heavy atom. The zero-order valence-corrected chi connectivity index (χ0v) is 30.0. The van der Waals surface area contributed by atoms with Crippen LogP contribution in [0, 0.1) is 23.2 Å². The molecule has 1 aromatic heterocycles. The molecule has 2 bridgehead atoms. The summed E-state index contributed by atoms with van der Waals surface area (Å²) in [5.74, 6) is -6.62. The molecular weight excluding hydrogens is 636 g/mol. The van der Waals surface area contributed by atoms with E-state index in [2.05, 4.69) is 9.97 Å². The van der Waals surface area contributed by atoms with E-state index in [0.717, 1.165) is 6.08 Å². The van der Waals surface area contributed by atoms with Crippen molar-refractivity contribution in [2.24, 2.45) is 23.2 Å². The molecule has 2 aliphatic heterocycles. The second-order valence-corrected chi connectivity index (χ2v) is 15.8. The number of alkyl halides is 2. The van der Waals surface area contributed by atoms with Crippen LogP contribution in [-0.2, 0) is 29.8 Å². The fourth-order valence-corrected chi connectivity index (χ4v) is 6.97. The predicted octanol–water partition coefficient (Wildman–Crippen LogP) is 6.78. The average molecular weight is 686 g/mol. The lowest BCUT2D eigenvalue weighted by molar-refractivity contribution is -0.167. The van der Waals surface area contributed by atoms with Crippen molar-refractivity contribution in [1.29, 1.82) is 0 Å². The van der Waals surface area contributed by atoms with Crippen molar-refractivity contribution in [3.8, 4) is 11.6 Å². The van der Waals surface area contributed by atoms with Crippen LogP contribution in [0.3, 0.4) is 0 Å². The standard InChI is InChI=1S/C37H49F2N3O7/c1-10-23-27-20-42(29(23)33(45)49-35(5,6)7)32(44)24(34(2,3)4)18-28(43)48-36(8)19-21(36)13-11-12-16-37(38,39)30-31(47-27)41-26-17-22(46-9)14-15-25(26)40-30/h12,14-17,21,23-24,27,29H,10-11,13,18-20H2,1-9H3/b16-12+/t21-,23+,24+,27-,29-,36-/m0/s1. The number of aromatic nitrogens is 2. The van der Waals surface area contributed by atoms with E-state index in [1.54, 1.807) is 39.0 Å². The highest BCUT2D eigenvalue weighted by molar-refractivity contribution is 5.90. The maximum absolute atomic E-state index is 16.1. The fraction of sp³-hybridized carbons (Fsp3) is 0.649. The predicted molar refractivity (Wildman–Crippen MR) is 178 cm³/mol. The van der Waals surface area contributed by atoms with E-state index in [-0.39, 0.29) is 29.9 Å². The number of fused-ring (bicyclic) bond motifs is 5. The third-order valence-corrected chi connectivity index (χ3v) is 9.84. The number of methoxy groups -OCH3 is 1. The molecule has 1 saturated carbocycles. The summed E-state index contributed by atoms with van der Waals surface area (Å²) in [4.78, 5) is 52.1. The van der Waals surface area contributed by atoms with Crippen LogP contribution in [0.1, 0.15) is 93.2 Å². The molecule has 3 heterocycles. The molecule has 10 nitrogen and oxygen atoms in total. The number of esters is 2. The summed E-state index contributed by atoms with van der Waals surface area (Å²) < 4.78 is 55.6. The quantitative estimate of drug-likeness (QED) is 0.255. The summed E-state index contributed by atoms with van der Waals surface area (Å²) in [6, 6.07) is 3.64. The average Bonchev–Trinajstić information content (AvgIpc) is 3.47. The van der Waals surface area contributed by atoms with Gasteiger partial charge >= 0.3 is 17.9 Å². The summed E-state index contributed by atoms with van der Waals surface area (Å²) in [7, 11) is 1.49. The molecular formula is C37H49F2N3O7. The molecule has 0 radical (unpaired) electrons. The van der Waals surface area contributed by atoms with Gasteiger partial charge in [-0.3, -0.25) is 9.59 Å². The van der Waals surface area contributed by atoms with Crippen molar-refractivity contribution in [1.82, 2.24) is 14.9 Å². The molecule has 5 rings (SSSR count). The first-order valence-corrected chi connectivity index (χ1v) is 17.1. The number of halogens is 2. The Balaban J connectivity index is 1.65. The zero-order chi connectivity index (χ0) is 36.1. The van der Waals surface area contributed by atoms with Crippen LogP contribution in [0.2, 0.25) is 0 Å².